The summed E-state index contributed by atoms with van der Waals surface area (Å²) in [6, 6.07) is 12.6. The minimum Gasteiger partial charge on any atom is -0.491 e. The van der Waals surface area contributed by atoms with E-state index in [-0.39, 0.29) is 18.6 Å². The van der Waals surface area contributed by atoms with Crippen molar-refractivity contribution in [3.05, 3.63) is 59.2 Å². The van der Waals surface area contributed by atoms with Crippen LogP contribution in [0.3, 0.4) is 0 Å². The summed E-state index contributed by atoms with van der Waals surface area (Å²) in [6.07, 6.45) is 5.52. The molecule has 6 nitrogen and oxygen atoms in total. The highest BCUT2D eigenvalue weighted by atomic mass is 16.5. The Kier molecular flexibility index (Phi) is 6.10. The van der Waals surface area contributed by atoms with Crippen molar-refractivity contribution < 1.29 is 23.8 Å². The van der Waals surface area contributed by atoms with Gasteiger partial charge in [-0.25, -0.2) is 4.79 Å². The fraction of sp³-hybridized carbons (Fsp3) is 0.391. The molecule has 1 atom stereocenters. The molecule has 4 rings (SSSR count). The summed E-state index contributed by atoms with van der Waals surface area (Å²) in [6.45, 7) is 0.971. The third-order valence-corrected chi connectivity index (χ3v) is 5.27. The Morgan fingerprint density at radius 1 is 1.03 bits per heavy atom. The Balaban J connectivity index is 1.23. The average Bonchev–Trinajstić information content (AvgIpc) is 3.42. The molecule has 0 saturated carbocycles. The van der Waals surface area contributed by atoms with E-state index in [1.165, 1.54) is 11.1 Å². The van der Waals surface area contributed by atoms with Gasteiger partial charge in [-0.05, 0) is 79.6 Å². The molecule has 29 heavy (non-hydrogen) atoms. The van der Waals surface area contributed by atoms with E-state index in [4.69, 9.17) is 14.2 Å². The van der Waals surface area contributed by atoms with Gasteiger partial charge >= 0.3 is 5.97 Å². The van der Waals surface area contributed by atoms with Crippen LogP contribution in [-0.4, -0.2) is 37.8 Å². The number of fused-ring (bicyclic) bond motifs is 1. The summed E-state index contributed by atoms with van der Waals surface area (Å²) in [5, 5.41) is 2.78. The number of carbonyl (C=O) groups is 2. The number of benzene rings is 2. The van der Waals surface area contributed by atoms with E-state index < -0.39 is 5.97 Å². The zero-order valence-corrected chi connectivity index (χ0v) is 16.3. The zero-order chi connectivity index (χ0) is 20.1. The van der Waals surface area contributed by atoms with Gasteiger partial charge in [0.15, 0.2) is 6.61 Å². The number of esters is 1. The van der Waals surface area contributed by atoms with Gasteiger partial charge in [0.25, 0.3) is 5.91 Å². The molecule has 1 aliphatic carbocycles. The molecule has 0 radical (unpaired) electrons. The van der Waals surface area contributed by atoms with Crippen molar-refractivity contribution in [2.45, 2.75) is 38.2 Å². The van der Waals surface area contributed by atoms with E-state index in [1.807, 2.05) is 18.2 Å². The first-order valence-corrected chi connectivity index (χ1v) is 10.1. The Morgan fingerprint density at radius 3 is 2.66 bits per heavy atom. The highest BCUT2D eigenvalue weighted by Crippen LogP contribution is 2.25. The first kappa shape index (κ1) is 19.5. The van der Waals surface area contributed by atoms with Crippen molar-refractivity contribution in [2.24, 2.45) is 0 Å². The molecular formula is C23H25NO5. The Hall–Kier alpha value is -2.86. The fourth-order valence-electron chi connectivity index (χ4n) is 3.71. The molecule has 0 unspecified atom stereocenters. The summed E-state index contributed by atoms with van der Waals surface area (Å²) < 4.78 is 16.3. The van der Waals surface area contributed by atoms with E-state index >= 15 is 0 Å². The van der Waals surface area contributed by atoms with Crippen LogP contribution in [0.5, 0.6) is 5.75 Å². The van der Waals surface area contributed by atoms with Gasteiger partial charge < -0.3 is 19.5 Å². The number of nitrogens with one attached hydrogen (secondary N) is 1. The van der Waals surface area contributed by atoms with Gasteiger partial charge in [-0.3, -0.25) is 4.79 Å². The van der Waals surface area contributed by atoms with E-state index in [1.54, 1.807) is 24.3 Å². The van der Waals surface area contributed by atoms with Crippen molar-refractivity contribution in [1.29, 1.82) is 0 Å². The number of hydrogen-bond donors (Lipinski definition) is 1. The third-order valence-electron chi connectivity index (χ3n) is 5.27. The maximum absolute atomic E-state index is 12.2. The maximum Gasteiger partial charge on any atom is 0.338 e. The van der Waals surface area contributed by atoms with Gasteiger partial charge in [-0.1, -0.05) is 6.07 Å². The smallest absolute Gasteiger partial charge is 0.338 e. The summed E-state index contributed by atoms with van der Waals surface area (Å²) in [5.74, 6) is -0.223. The monoisotopic (exact) mass is 395 g/mol. The van der Waals surface area contributed by atoms with E-state index in [0.717, 1.165) is 44.4 Å². The zero-order valence-electron chi connectivity index (χ0n) is 16.3. The molecule has 1 fully saturated rings. The molecule has 1 amide bonds. The van der Waals surface area contributed by atoms with Gasteiger partial charge in [-0.2, -0.15) is 0 Å². The molecule has 0 spiro atoms. The van der Waals surface area contributed by atoms with Crippen LogP contribution in [-0.2, 0) is 27.1 Å². The molecule has 0 bridgehead atoms. The van der Waals surface area contributed by atoms with E-state index in [0.29, 0.717) is 17.9 Å². The van der Waals surface area contributed by atoms with Crippen LogP contribution in [0.15, 0.2) is 42.5 Å². The third kappa shape index (κ3) is 5.15. The molecule has 0 aromatic heterocycles. The molecule has 1 aliphatic heterocycles. The van der Waals surface area contributed by atoms with Gasteiger partial charge in [-0.15, -0.1) is 0 Å². The molecule has 6 heteroatoms. The summed E-state index contributed by atoms with van der Waals surface area (Å²) in [5.41, 5.74) is 3.73. The van der Waals surface area contributed by atoms with Crippen LogP contribution in [0.2, 0.25) is 0 Å². The summed E-state index contributed by atoms with van der Waals surface area (Å²) in [7, 11) is 0. The van der Waals surface area contributed by atoms with Crippen LogP contribution in [0.4, 0.5) is 5.69 Å². The maximum atomic E-state index is 12.2. The normalized spacial score (nSPS) is 17.6. The second kappa shape index (κ2) is 9.09. The van der Waals surface area contributed by atoms with E-state index in [2.05, 4.69) is 5.32 Å². The predicted octanol–water partition coefficient (Wildman–Crippen LogP) is 3.53. The van der Waals surface area contributed by atoms with Crippen LogP contribution in [0.1, 0.15) is 40.7 Å². The highest BCUT2D eigenvalue weighted by molar-refractivity contribution is 5.95. The fourth-order valence-corrected chi connectivity index (χ4v) is 3.71. The topological polar surface area (TPSA) is 73.9 Å². The lowest BCUT2D eigenvalue weighted by Gasteiger charge is -2.11. The summed E-state index contributed by atoms with van der Waals surface area (Å²) >= 11 is 0. The number of rotatable bonds is 7. The van der Waals surface area contributed by atoms with Crippen LogP contribution in [0.25, 0.3) is 0 Å². The molecule has 1 saturated heterocycles. The Labute approximate surface area is 170 Å². The number of anilines is 1. The number of carbonyl (C=O) groups excluding carboxylic acids is 2. The second-order valence-corrected chi connectivity index (χ2v) is 7.43. The first-order chi connectivity index (χ1) is 14.2. The Morgan fingerprint density at radius 2 is 1.86 bits per heavy atom. The van der Waals surface area contributed by atoms with Gasteiger partial charge in [0.1, 0.15) is 12.4 Å². The van der Waals surface area contributed by atoms with Crippen LogP contribution < -0.4 is 10.1 Å². The number of hydrogen-bond acceptors (Lipinski definition) is 5. The molecular weight excluding hydrogens is 370 g/mol. The lowest BCUT2D eigenvalue weighted by atomic mass is 10.1. The quantitative estimate of drug-likeness (QED) is 0.726. The van der Waals surface area contributed by atoms with Crippen molar-refractivity contribution in [3.63, 3.8) is 0 Å². The minimum atomic E-state index is -0.542. The molecule has 1 N–H and O–H groups in total. The number of aryl methyl sites for hydroxylation is 2. The number of amides is 1. The lowest BCUT2D eigenvalue weighted by molar-refractivity contribution is -0.119. The Bertz CT molecular complexity index is 871. The number of ether oxygens (including phenoxy) is 3. The molecule has 2 aliphatic rings. The SMILES string of the molecule is O=C(COC(=O)c1ccc(OC[C@@H]2CCCO2)cc1)Nc1ccc2c(c1)CCC2. The van der Waals surface area contributed by atoms with Crippen molar-refractivity contribution in [2.75, 3.05) is 25.1 Å². The molecule has 1 heterocycles. The van der Waals surface area contributed by atoms with Crippen molar-refractivity contribution >= 4 is 17.6 Å². The van der Waals surface area contributed by atoms with Crippen molar-refractivity contribution in [1.82, 2.24) is 0 Å². The minimum absolute atomic E-state index is 0.142. The van der Waals surface area contributed by atoms with Crippen molar-refractivity contribution in [3.8, 4) is 5.75 Å². The molecule has 2 aromatic rings. The van der Waals surface area contributed by atoms with Gasteiger partial charge in [0.05, 0.1) is 11.7 Å². The van der Waals surface area contributed by atoms with E-state index in [9.17, 15) is 9.59 Å². The predicted molar refractivity (Wildman–Crippen MR) is 108 cm³/mol. The van der Waals surface area contributed by atoms with Crippen LogP contribution >= 0.6 is 0 Å². The lowest BCUT2D eigenvalue weighted by Crippen LogP contribution is -2.21. The second-order valence-electron chi connectivity index (χ2n) is 7.43. The standard InChI is InChI=1S/C23H25NO5/c25-22(24-19-9-6-16-3-1-4-18(16)13-19)15-29-23(26)17-7-10-20(11-8-17)28-14-21-5-2-12-27-21/h6-11,13,21H,1-5,12,14-15H2,(H,24,25)/t21-/m0/s1. The van der Waals surface area contributed by atoms with Gasteiger partial charge in [0.2, 0.25) is 0 Å². The highest BCUT2D eigenvalue weighted by Gasteiger charge is 2.17. The van der Waals surface area contributed by atoms with Gasteiger partial charge in [0, 0.05) is 12.3 Å². The largest absolute Gasteiger partial charge is 0.491 e. The van der Waals surface area contributed by atoms with Crippen LogP contribution in [0, 0.1) is 0 Å². The average molecular weight is 395 g/mol. The molecule has 2 aromatic carbocycles. The summed E-state index contributed by atoms with van der Waals surface area (Å²) in [4.78, 5) is 24.3. The first-order valence-electron chi connectivity index (χ1n) is 10.1. The molecule has 152 valence electrons.